The number of carboxylic acids is 1. The molecule has 0 fully saturated rings. The fourth-order valence-corrected chi connectivity index (χ4v) is 2.97. The van der Waals surface area contributed by atoms with Gasteiger partial charge in [-0.05, 0) is 43.0 Å². The average Bonchev–Trinajstić information content (AvgIpc) is 2.84. The topological polar surface area (TPSA) is 74.7 Å². The Morgan fingerprint density at radius 2 is 1.46 bits per heavy atom. The molecule has 1 aliphatic heterocycles. The van der Waals surface area contributed by atoms with Crippen LogP contribution in [0.15, 0.2) is 48.5 Å². The Morgan fingerprint density at radius 3 is 2.08 bits per heavy atom. The van der Waals surface area contributed by atoms with E-state index in [0.29, 0.717) is 42.5 Å². The summed E-state index contributed by atoms with van der Waals surface area (Å²) in [5, 5.41) is 9.17. The zero-order chi connectivity index (χ0) is 17.1. The molecule has 0 aliphatic carbocycles. The molecule has 0 unspecified atom stereocenters. The number of unbranched alkanes of at least 4 members (excludes halogenated alkanes) is 1. The second kappa shape index (κ2) is 6.66. The maximum absolute atomic E-state index is 12.2. The summed E-state index contributed by atoms with van der Waals surface area (Å²) in [6.07, 6.45) is 1.95. The van der Waals surface area contributed by atoms with Gasteiger partial charge in [-0.3, -0.25) is 14.5 Å². The lowest BCUT2D eigenvalue weighted by atomic mass is 10.0. The van der Waals surface area contributed by atoms with Gasteiger partial charge >= 0.3 is 5.97 Å². The van der Waals surface area contributed by atoms with Crippen LogP contribution in [0.4, 0.5) is 0 Å². The molecule has 0 bridgehead atoms. The number of benzene rings is 2. The van der Waals surface area contributed by atoms with Crippen LogP contribution in [0.2, 0.25) is 0 Å². The van der Waals surface area contributed by atoms with Crippen LogP contribution < -0.4 is 0 Å². The van der Waals surface area contributed by atoms with E-state index in [9.17, 15) is 14.4 Å². The molecule has 0 saturated heterocycles. The standard InChI is InChI=1S/C19H17NO4/c21-17-15-10-3-4-11-16(15)18(22)20(17)12-6-5-8-13-7-1-2-9-14(13)19(23)24/h1-4,7,9-11H,5-6,8,12H2,(H,23,24). The molecule has 1 N–H and O–H groups in total. The number of hydrogen-bond acceptors (Lipinski definition) is 3. The van der Waals surface area contributed by atoms with Crippen molar-refractivity contribution in [2.24, 2.45) is 0 Å². The monoisotopic (exact) mass is 323 g/mol. The van der Waals surface area contributed by atoms with E-state index in [-0.39, 0.29) is 11.8 Å². The number of carbonyl (C=O) groups excluding carboxylic acids is 2. The summed E-state index contributed by atoms with van der Waals surface area (Å²) in [5.41, 5.74) is 1.99. The molecule has 2 aromatic rings. The Labute approximate surface area is 139 Å². The number of amides is 2. The molecule has 0 saturated carbocycles. The highest BCUT2D eigenvalue weighted by atomic mass is 16.4. The molecule has 0 radical (unpaired) electrons. The first-order valence-corrected chi connectivity index (χ1v) is 7.86. The maximum Gasteiger partial charge on any atom is 0.335 e. The normalized spacial score (nSPS) is 13.2. The molecule has 24 heavy (non-hydrogen) atoms. The van der Waals surface area contributed by atoms with Gasteiger partial charge in [-0.25, -0.2) is 4.79 Å². The van der Waals surface area contributed by atoms with Crippen molar-refractivity contribution >= 4 is 17.8 Å². The summed E-state index contributed by atoms with van der Waals surface area (Å²) < 4.78 is 0. The first kappa shape index (κ1) is 15.9. The van der Waals surface area contributed by atoms with Gasteiger partial charge in [0.2, 0.25) is 0 Å². The average molecular weight is 323 g/mol. The third-order valence-corrected chi connectivity index (χ3v) is 4.20. The number of aromatic carboxylic acids is 1. The van der Waals surface area contributed by atoms with Crippen LogP contribution in [0, 0.1) is 0 Å². The van der Waals surface area contributed by atoms with Crippen molar-refractivity contribution < 1.29 is 19.5 Å². The van der Waals surface area contributed by atoms with E-state index in [1.807, 2.05) is 6.07 Å². The van der Waals surface area contributed by atoms with E-state index < -0.39 is 5.97 Å². The predicted molar refractivity (Wildman–Crippen MR) is 88.1 cm³/mol. The summed E-state index contributed by atoms with van der Waals surface area (Å²) in [4.78, 5) is 36.9. The van der Waals surface area contributed by atoms with Crippen molar-refractivity contribution in [1.29, 1.82) is 0 Å². The lowest BCUT2D eigenvalue weighted by molar-refractivity contribution is 0.0649. The smallest absolute Gasteiger partial charge is 0.335 e. The van der Waals surface area contributed by atoms with E-state index in [1.165, 1.54) is 4.90 Å². The number of hydrogen-bond donors (Lipinski definition) is 1. The molecule has 0 aromatic heterocycles. The molecule has 2 aromatic carbocycles. The second-order valence-electron chi connectivity index (χ2n) is 5.73. The number of aryl methyl sites for hydroxylation is 1. The Kier molecular flexibility index (Phi) is 4.42. The largest absolute Gasteiger partial charge is 0.478 e. The van der Waals surface area contributed by atoms with Crippen LogP contribution >= 0.6 is 0 Å². The van der Waals surface area contributed by atoms with Gasteiger partial charge < -0.3 is 5.11 Å². The zero-order valence-electron chi connectivity index (χ0n) is 13.1. The van der Waals surface area contributed by atoms with Gasteiger partial charge in [-0.2, -0.15) is 0 Å². The van der Waals surface area contributed by atoms with Crippen LogP contribution in [0.3, 0.4) is 0 Å². The van der Waals surface area contributed by atoms with Crippen molar-refractivity contribution in [1.82, 2.24) is 4.90 Å². The molecule has 5 heteroatoms. The first-order chi connectivity index (χ1) is 11.6. The Bertz CT molecular complexity index is 778. The predicted octanol–water partition coefficient (Wildman–Crippen LogP) is 3.00. The summed E-state index contributed by atoms with van der Waals surface area (Å²) in [6, 6.07) is 13.7. The summed E-state index contributed by atoms with van der Waals surface area (Å²) >= 11 is 0. The Hall–Kier alpha value is -2.95. The van der Waals surface area contributed by atoms with Crippen molar-refractivity contribution in [3.8, 4) is 0 Å². The lowest BCUT2D eigenvalue weighted by Gasteiger charge is -2.13. The first-order valence-electron chi connectivity index (χ1n) is 7.86. The molecule has 2 amide bonds. The molecule has 0 spiro atoms. The summed E-state index contributed by atoms with van der Waals surface area (Å²) in [7, 11) is 0. The van der Waals surface area contributed by atoms with Crippen molar-refractivity contribution in [2.75, 3.05) is 6.54 Å². The third-order valence-electron chi connectivity index (χ3n) is 4.20. The SMILES string of the molecule is O=C(O)c1ccccc1CCCCN1C(=O)c2ccccc2C1=O. The van der Waals surface area contributed by atoms with E-state index in [1.54, 1.807) is 42.5 Å². The summed E-state index contributed by atoms with van der Waals surface area (Å²) in [5.74, 6) is -1.44. The van der Waals surface area contributed by atoms with Gasteiger partial charge in [0.25, 0.3) is 11.8 Å². The molecule has 1 heterocycles. The molecule has 1 aliphatic rings. The molecule has 5 nitrogen and oxygen atoms in total. The number of carbonyl (C=O) groups is 3. The van der Waals surface area contributed by atoms with E-state index >= 15 is 0 Å². The van der Waals surface area contributed by atoms with Crippen LogP contribution in [0.1, 0.15) is 49.5 Å². The quantitative estimate of drug-likeness (QED) is 0.655. The molecular formula is C19H17NO4. The van der Waals surface area contributed by atoms with E-state index in [2.05, 4.69) is 0 Å². The maximum atomic E-state index is 12.2. The second-order valence-corrected chi connectivity index (χ2v) is 5.73. The van der Waals surface area contributed by atoms with E-state index in [0.717, 1.165) is 5.56 Å². The number of carboxylic acid groups (broad SMARTS) is 1. The van der Waals surface area contributed by atoms with Crippen LogP contribution in [-0.2, 0) is 6.42 Å². The molecule has 3 rings (SSSR count). The Balaban J connectivity index is 1.58. The zero-order valence-corrected chi connectivity index (χ0v) is 13.1. The minimum absolute atomic E-state index is 0.249. The van der Waals surface area contributed by atoms with Gasteiger partial charge in [0.1, 0.15) is 0 Å². The fraction of sp³-hybridized carbons (Fsp3) is 0.211. The number of imide groups is 1. The highest BCUT2D eigenvalue weighted by molar-refractivity contribution is 6.21. The lowest BCUT2D eigenvalue weighted by Crippen LogP contribution is -2.30. The number of nitrogens with zero attached hydrogens (tertiary/aromatic N) is 1. The van der Waals surface area contributed by atoms with Crippen molar-refractivity contribution in [3.63, 3.8) is 0 Å². The van der Waals surface area contributed by atoms with Crippen LogP contribution in [-0.4, -0.2) is 34.3 Å². The van der Waals surface area contributed by atoms with Gasteiger partial charge in [-0.15, -0.1) is 0 Å². The third kappa shape index (κ3) is 2.93. The highest BCUT2D eigenvalue weighted by Crippen LogP contribution is 2.23. The van der Waals surface area contributed by atoms with Gasteiger partial charge in [0, 0.05) is 6.54 Å². The summed E-state index contributed by atoms with van der Waals surface area (Å²) in [6.45, 7) is 0.349. The van der Waals surface area contributed by atoms with E-state index in [4.69, 9.17) is 5.11 Å². The van der Waals surface area contributed by atoms with Gasteiger partial charge in [-0.1, -0.05) is 30.3 Å². The van der Waals surface area contributed by atoms with Gasteiger partial charge in [0.05, 0.1) is 16.7 Å². The molecule has 0 atom stereocenters. The number of fused-ring (bicyclic) bond motifs is 1. The highest BCUT2D eigenvalue weighted by Gasteiger charge is 2.34. The van der Waals surface area contributed by atoms with Crippen molar-refractivity contribution in [3.05, 3.63) is 70.8 Å². The van der Waals surface area contributed by atoms with Crippen LogP contribution in [0.25, 0.3) is 0 Å². The Morgan fingerprint density at radius 1 is 0.875 bits per heavy atom. The fourth-order valence-electron chi connectivity index (χ4n) is 2.97. The van der Waals surface area contributed by atoms with Gasteiger partial charge in [0.15, 0.2) is 0 Å². The minimum atomic E-state index is -0.939. The molecular weight excluding hydrogens is 306 g/mol. The van der Waals surface area contributed by atoms with Crippen LogP contribution in [0.5, 0.6) is 0 Å². The number of rotatable bonds is 6. The van der Waals surface area contributed by atoms with Crippen molar-refractivity contribution in [2.45, 2.75) is 19.3 Å². The minimum Gasteiger partial charge on any atom is -0.478 e. The molecule has 122 valence electrons.